The zero-order valence-corrected chi connectivity index (χ0v) is 14.7. The largest absolute Gasteiger partial charge is 0.494 e. The van der Waals surface area contributed by atoms with Gasteiger partial charge in [-0.05, 0) is 63.3 Å². The minimum absolute atomic E-state index is 0.468. The highest BCUT2D eigenvalue weighted by molar-refractivity contribution is 5.98. The molecule has 0 aliphatic rings. The molecule has 0 radical (unpaired) electrons. The van der Waals surface area contributed by atoms with Crippen LogP contribution in [0, 0.1) is 0 Å². The quantitative estimate of drug-likeness (QED) is 0.212. The highest BCUT2D eigenvalue weighted by Crippen LogP contribution is 2.17. The molecule has 0 saturated heterocycles. The lowest BCUT2D eigenvalue weighted by Crippen LogP contribution is -2.03. The van der Waals surface area contributed by atoms with Gasteiger partial charge in [-0.25, -0.2) is 4.39 Å². The summed E-state index contributed by atoms with van der Waals surface area (Å²) in [6.45, 7) is 12.2. The molecule has 0 atom stereocenters. The van der Waals surface area contributed by atoms with Gasteiger partial charge in [0.15, 0.2) is 0 Å². The maximum atomic E-state index is 12.7. The van der Waals surface area contributed by atoms with Gasteiger partial charge in [-0.1, -0.05) is 26.0 Å². The lowest BCUT2D eigenvalue weighted by atomic mass is 9.99. The third kappa shape index (κ3) is 8.60. The Bertz CT molecular complexity index is 470. The molecule has 2 nitrogen and oxygen atoms in total. The van der Waals surface area contributed by atoms with Crippen LogP contribution in [-0.4, -0.2) is 19.4 Å². The van der Waals surface area contributed by atoms with Crippen LogP contribution < -0.4 is 0 Å². The Morgan fingerprint density at radius 1 is 1.23 bits per heavy atom. The number of ether oxygens (including phenoxy) is 1. The van der Waals surface area contributed by atoms with E-state index in [1.54, 1.807) is 6.08 Å². The Hall–Kier alpha value is -1.64. The van der Waals surface area contributed by atoms with E-state index >= 15 is 0 Å². The molecule has 0 aromatic rings. The second-order valence-electron chi connectivity index (χ2n) is 5.17. The summed E-state index contributed by atoms with van der Waals surface area (Å²) in [6.07, 6.45) is 8.62. The maximum absolute atomic E-state index is 12.7. The van der Waals surface area contributed by atoms with E-state index in [1.165, 1.54) is 17.2 Å². The molecule has 0 aliphatic carbocycles. The van der Waals surface area contributed by atoms with E-state index in [0.717, 1.165) is 31.4 Å². The SMILES string of the molecule is C=C(F)/C=C\C(=C/CC)OCCC/C(C(C)=NC)=C(\C)CC. The predicted molar refractivity (Wildman–Crippen MR) is 95.0 cm³/mol. The standard InChI is InChI=1S/C19H30FNO/c1-7-10-18(13-12-16(4)20)22-14-9-11-19(15(3)8-2)17(5)21-6/h10,12-13H,4,7-9,11,14H2,1-3,5-6H3/b13-12-,18-10+,19-15-,21-17?. The number of hydrogen-bond donors (Lipinski definition) is 0. The maximum Gasteiger partial charge on any atom is 0.116 e. The smallest absolute Gasteiger partial charge is 0.116 e. The zero-order valence-electron chi connectivity index (χ0n) is 14.7. The van der Waals surface area contributed by atoms with Crippen molar-refractivity contribution in [1.82, 2.24) is 0 Å². The van der Waals surface area contributed by atoms with Gasteiger partial charge >= 0.3 is 0 Å². The van der Waals surface area contributed by atoms with Crippen LogP contribution in [0.4, 0.5) is 4.39 Å². The summed E-state index contributed by atoms with van der Waals surface area (Å²) < 4.78 is 18.4. The van der Waals surface area contributed by atoms with Crippen LogP contribution in [0.2, 0.25) is 0 Å². The molecule has 0 aliphatic heterocycles. The Kier molecular flexibility index (Phi) is 11.1. The van der Waals surface area contributed by atoms with E-state index in [-0.39, 0.29) is 0 Å². The molecule has 0 amide bonds. The first-order chi connectivity index (χ1) is 10.5. The summed E-state index contributed by atoms with van der Waals surface area (Å²) in [5.74, 6) is 0.226. The van der Waals surface area contributed by atoms with Gasteiger partial charge in [0.2, 0.25) is 0 Å². The van der Waals surface area contributed by atoms with E-state index in [2.05, 4.69) is 25.4 Å². The molecule has 0 unspecified atom stereocenters. The Morgan fingerprint density at radius 2 is 1.91 bits per heavy atom. The second kappa shape index (κ2) is 12.0. The van der Waals surface area contributed by atoms with Crippen LogP contribution in [0.25, 0.3) is 0 Å². The molecule has 0 spiro atoms. The molecule has 0 N–H and O–H groups in total. The Labute approximate surface area is 135 Å². The molecular weight excluding hydrogens is 277 g/mol. The average Bonchev–Trinajstić information content (AvgIpc) is 2.50. The average molecular weight is 307 g/mol. The fourth-order valence-electron chi connectivity index (χ4n) is 2.04. The van der Waals surface area contributed by atoms with Gasteiger partial charge in [0, 0.05) is 12.8 Å². The molecule has 0 rings (SSSR count). The zero-order chi connectivity index (χ0) is 17.0. The van der Waals surface area contributed by atoms with Crippen LogP contribution >= 0.6 is 0 Å². The first-order valence-electron chi connectivity index (χ1n) is 7.94. The molecule has 0 aromatic carbocycles. The lowest BCUT2D eigenvalue weighted by Gasteiger charge is -2.12. The number of aliphatic imine (C=N–C) groups is 1. The minimum Gasteiger partial charge on any atom is -0.494 e. The summed E-state index contributed by atoms with van der Waals surface area (Å²) in [5.41, 5.74) is 3.79. The van der Waals surface area contributed by atoms with Gasteiger partial charge in [0.25, 0.3) is 0 Å². The first-order valence-corrected chi connectivity index (χ1v) is 7.94. The highest BCUT2D eigenvalue weighted by Gasteiger charge is 2.05. The summed E-state index contributed by atoms with van der Waals surface area (Å²) in [6, 6.07) is 0. The Balaban J connectivity index is 4.55. The van der Waals surface area contributed by atoms with Crippen molar-refractivity contribution in [2.24, 2.45) is 4.99 Å². The predicted octanol–water partition coefficient (Wildman–Crippen LogP) is 5.93. The molecule has 0 bridgehead atoms. The van der Waals surface area contributed by atoms with E-state index < -0.39 is 5.83 Å². The van der Waals surface area contributed by atoms with Crippen molar-refractivity contribution in [3.63, 3.8) is 0 Å². The molecule has 0 fully saturated rings. The number of allylic oxidation sites excluding steroid dienone is 6. The summed E-state index contributed by atoms with van der Waals surface area (Å²) in [5, 5.41) is 0. The number of rotatable bonds is 10. The number of hydrogen-bond acceptors (Lipinski definition) is 2. The van der Waals surface area contributed by atoms with E-state index in [0.29, 0.717) is 12.4 Å². The number of halogens is 1. The van der Waals surface area contributed by atoms with Gasteiger partial charge < -0.3 is 4.74 Å². The van der Waals surface area contributed by atoms with Crippen molar-refractivity contribution in [3.05, 3.63) is 47.5 Å². The molecule has 3 heteroatoms. The highest BCUT2D eigenvalue weighted by atomic mass is 19.1. The van der Waals surface area contributed by atoms with Crippen LogP contribution in [-0.2, 0) is 4.74 Å². The topological polar surface area (TPSA) is 21.6 Å². The summed E-state index contributed by atoms with van der Waals surface area (Å²) in [4.78, 5) is 4.29. The van der Waals surface area contributed by atoms with E-state index in [4.69, 9.17) is 4.74 Å². The van der Waals surface area contributed by atoms with Gasteiger partial charge in [0.05, 0.1) is 6.61 Å². The van der Waals surface area contributed by atoms with Crippen molar-refractivity contribution in [3.8, 4) is 0 Å². The molecule has 124 valence electrons. The van der Waals surface area contributed by atoms with Gasteiger partial charge in [-0.3, -0.25) is 4.99 Å². The second-order valence-corrected chi connectivity index (χ2v) is 5.17. The van der Waals surface area contributed by atoms with Crippen LogP contribution in [0.1, 0.15) is 53.4 Å². The molecular formula is C19H30FNO. The lowest BCUT2D eigenvalue weighted by molar-refractivity contribution is 0.219. The summed E-state index contributed by atoms with van der Waals surface area (Å²) >= 11 is 0. The minimum atomic E-state index is -0.468. The van der Waals surface area contributed by atoms with Crippen molar-refractivity contribution >= 4 is 5.71 Å². The van der Waals surface area contributed by atoms with Crippen molar-refractivity contribution < 1.29 is 9.13 Å². The van der Waals surface area contributed by atoms with Crippen LogP contribution in [0.15, 0.2) is 52.5 Å². The fraction of sp³-hybridized carbons (Fsp3) is 0.526. The van der Waals surface area contributed by atoms with Gasteiger partial charge in [-0.2, -0.15) is 0 Å². The number of nitrogens with zero attached hydrogens (tertiary/aromatic N) is 1. The van der Waals surface area contributed by atoms with Crippen molar-refractivity contribution in [2.75, 3.05) is 13.7 Å². The van der Waals surface area contributed by atoms with Gasteiger partial charge in [0.1, 0.15) is 11.6 Å². The third-order valence-electron chi connectivity index (χ3n) is 3.49. The summed E-state index contributed by atoms with van der Waals surface area (Å²) in [7, 11) is 1.82. The molecule has 0 heterocycles. The van der Waals surface area contributed by atoms with Crippen LogP contribution in [0.5, 0.6) is 0 Å². The van der Waals surface area contributed by atoms with Crippen molar-refractivity contribution in [2.45, 2.75) is 53.4 Å². The Morgan fingerprint density at radius 3 is 2.41 bits per heavy atom. The normalized spacial score (nSPS) is 14.3. The van der Waals surface area contributed by atoms with Crippen LogP contribution in [0.3, 0.4) is 0 Å². The van der Waals surface area contributed by atoms with E-state index in [1.807, 2.05) is 27.0 Å². The van der Waals surface area contributed by atoms with E-state index in [9.17, 15) is 4.39 Å². The van der Waals surface area contributed by atoms with Crippen molar-refractivity contribution in [1.29, 1.82) is 0 Å². The first kappa shape index (κ1) is 20.4. The monoisotopic (exact) mass is 307 g/mol. The molecule has 0 aromatic heterocycles. The molecule has 22 heavy (non-hydrogen) atoms. The molecule has 0 saturated carbocycles. The fourth-order valence-corrected chi connectivity index (χ4v) is 2.04. The third-order valence-corrected chi connectivity index (χ3v) is 3.49. The van der Waals surface area contributed by atoms with Gasteiger partial charge in [-0.15, -0.1) is 0 Å².